The van der Waals surface area contributed by atoms with Crippen molar-refractivity contribution in [2.75, 3.05) is 5.32 Å². The van der Waals surface area contributed by atoms with E-state index in [4.69, 9.17) is 17.3 Å². The number of carbonyl (C=O) groups excluding carboxylic acids is 2. The Balaban J connectivity index is 1.75. The summed E-state index contributed by atoms with van der Waals surface area (Å²) >= 11 is 5.87. The van der Waals surface area contributed by atoms with Crippen LogP contribution >= 0.6 is 11.6 Å². The van der Waals surface area contributed by atoms with Gasteiger partial charge in [-0.25, -0.2) is 4.68 Å². The Labute approximate surface area is 159 Å². The molecule has 0 saturated carbocycles. The van der Waals surface area contributed by atoms with Crippen molar-refractivity contribution in [2.45, 2.75) is 6.54 Å². The molecule has 0 aliphatic heterocycles. The van der Waals surface area contributed by atoms with E-state index in [2.05, 4.69) is 10.4 Å². The van der Waals surface area contributed by atoms with Crippen molar-refractivity contribution < 1.29 is 9.59 Å². The first-order chi connectivity index (χ1) is 12.9. The summed E-state index contributed by atoms with van der Waals surface area (Å²) < 4.78 is 1.08. The predicted octanol–water partition coefficient (Wildman–Crippen LogP) is 2.30. The maximum Gasteiger partial charge on any atom is 0.267 e. The standard InChI is InChI=1S/C19H15ClN4O3/c20-14-5-1-12(2-6-14)16-9-10-18(26)24(23-16)11-17(25)22-15-7-3-13(4-8-15)19(21)27/h1-10H,11H2,(H2,21,27)(H,22,25). The van der Waals surface area contributed by atoms with Crippen molar-refractivity contribution in [2.24, 2.45) is 5.73 Å². The largest absolute Gasteiger partial charge is 0.366 e. The molecule has 0 unspecified atom stereocenters. The van der Waals surface area contributed by atoms with Gasteiger partial charge in [-0.15, -0.1) is 0 Å². The molecule has 0 atom stereocenters. The van der Waals surface area contributed by atoms with Gasteiger partial charge in [0.1, 0.15) is 6.54 Å². The molecule has 136 valence electrons. The average molecular weight is 383 g/mol. The lowest BCUT2D eigenvalue weighted by Crippen LogP contribution is -2.29. The van der Waals surface area contributed by atoms with Crippen LogP contribution in [0.3, 0.4) is 0 Å². The van der Waals surface area contributed by atoms with Gasteiger partial charge in [0.25, 0.3) is 5.56 Å². The second-order valence-electron chi connectivity index (χ2n) is 5.71. The fourth-order valence-electron chi connectivity index (χ4n) is 2.39. The molecule has 0 radical (unpaired) electrons. The number of carbonyl (C=O) groups is 2. The SMILES string of the molecule is NC(=O)c1ccc(NC(=O)Cn2nc(-c3ccc(Cl)cc3)ccc2=O)cc1. The van der Waals surface area contributed by atoms with E-state index in [1.165, 1.54) is 18.2 Å². The van der Waals surface area contributed by atoms with E-state index in [1.54, 1.807) is 42.5 Å². The lowest BCUT2D eigenvalue weighted by atomic mass is 10.1. The Bertz CT molecular complexity index is 1040. The predicted molar refractivity (Wildman–Crippen MR) is 103 cm³/mol. The number of hydrogen-bond acceptors (Lipinski definition) is 4. The molecule has 0 fully saturated rings. The molecule has 1 aromatic heterocycles. The minimum atomic E-state index is -0.553. The van der Waals surface area contributed by atoms with E-state index < -0.39 is 17.4 Å². The zero-order valence-electron chi connectivity index (χ0n) is 14.1. The summed E-state index contributed by atoms with van der Waals surface area (Å²) in [6.45, 7) is -0.252. The zero-order chi connectivity index (χ0) is 19.4. The minimum absolute atomic E-state index is 0.252. The molecule has 0 bridgehead atoms. The molecule has 0 spiro atoms. The summed E-state index contributed by atoms with van der Waals surface area (Å²) in [5.41, 5.74) is 6.91. The monoisotopic (exact) mass is 382 g/mol. The topological polar surface area (TPSA) is 107 Å². The Morgan fingerprint density at radius 2 is 1.67 bits per heavy atom. The third-order valence-corrected chi connectivity index (χ3v) is 4.01. The van der Waals surface area contributed by atoms with Crippen LogP contribution in [0.2, 0.25) is 5.02 Å². The number of halogens is 1. The van der Waals surface area contributed by atoms with Gasteiger partial charge in [0, 0.05) is 27.9 Å². The molecular formula is C19H15ClN4O3. The molecular weight excluding hydrogens is 368 g/mol. The molecule has 2 aromatic carbocycles. The maximum atomic E-state index is 12.2. The number of aromatic nitrogens is 2. The van der Waals surface area contributed by atoms with Gasteiger partial charge < -0.3 is 11.1 Å². The highest BCUT2D eigenvalue weighted by molar-refractivity contribution is 6.30. The second kappa shape index (κ2) is 7.84. The van der Waals surface area contributed by atoms with Crippen molar-refractivity contribution in [1.82, 2.24) is 9.78 Å². The van der Waals surface area contributed by atoms with Gasteiger partial charge in [-0.05, 0) is 42.5 Å². The second-order valence-corrected chi connectivity index (χ2v) is 6.15. The Kier molecular flexibility index (Phi) is 5.33. The zero-order valence-corrected chi connectivity index (χ0v) is 14.8. The van der Waals surface area contributed by atoms with Crippen LogP contribution in [0.1, 0.15) is 10.4 Å². The van der Waals surface area contributed by atoms with Crippen LogP contribution in [0.15, 0.2) is 65.5 Å². The normalized spacial score (nSPS) is 10.4. The van der Waals surface area contributed by atoms with Gasteiger partial charge in [-0.3, -0.25) is 14.4 Å². The third kappa shape index (κ3) is 4.59. The number of nitrogens with two attached hydrogens (primary N) is 1. The molecule has 7 nitrogen and oxygen atoms in total. The molecule has 8 heteroatoms. The fourth-order valence-corrected chi connectivity index (χ4v) is 2.52. The van der Waals surface area contributed by atoms with Gasteiger partial charge in [-0.2, -0.15) is 5.10 Å². The van der Waals surface area contributed by atoms with Gasteiger partial charge in [0.2, 0.25) is 11.8 Å². The van der Waals surface area contributed by atoms with Crippen molar-refractivity contribution in [1.29, 1.82) is 0 Å². The summed E-state index contributed by atoms with van der Waals surface area (Å²) in [7, 11) is 0. The molecule has 3 rings (SSSR count). The first-order valence-corrected chi connectivity index (χ1v) is 8.34. The van der Waals surface area contributed by atoms with E-state index in [9.17, 15) is 14.4 Å². The molecule has 2 amide bonds. The van der Waals surface area contributed by atoms with Crippen LogP contribution < -0.4 is 16.6 Å². The van der Waals surface area contributed by atoms with E-state index in [0.29, 0.717) is 22.0 Å². The summed E-state index contributed by atoms with van der Waals surface area (Å²) in [6.07, 6.45) is 0. The van der Waals surface area contributed by atoms with Crippen LogP contribution in [0.5, 0.6) is 0 Å². The van der Waals surface area contributed by atoms with E-state index in [0.717, 1.165) is 10.2 Å². The summed E-state index contributed by atoms with van der Waals surface area (Å²) in [5.74, 6) is -0.979. The highest BCUT2D eigenvalue weighted by Crippen LogP contribution is 2.18. The van der Waals surface area contributed by atoms with Gasteiger partial charge in [-0.1, -0.05) is 23.7 Å². The lowest BCUT2D eigenvalue weighted by Gasteiger charge is -2.09. The first kappa shape index (κ1) is 18.3. The van der Waals surface area contributed by atoms with E-state index >= 15 is 0 Å². The van der Waals surface area contributed by atoms with Crippen molar-refractivity contribution in [3.63, 3.8) is 0 Å². The molecule has 0 aliphatic carbocycles. The number of benzene rings is 2. The lowest BCUT2D eigenvalue weighted by molar-refractivity contribution is -0.117. The maximum absolute atomic E-state index is 12.2. The van der Waals surface area contributed by atoms with Crippen LogP contribution in [-0.4, -0.2) is 21.6 Å². The smallest absolute Gasteiger partial charge is 0.267 e. The van der Waals surface area contributed by atoms with E-state index in [-0.39, 0.29) is 6.54 Å². The van der Waals surface area contributed by atoms with Crippen molar-refractivity contribution in [3.8, 4) is 11.3 Å². The minimum Gasteiger partial charge on any atom is -0.366 e. The number of anilines is 1. The molecule has 0 aliphatic rings. The third-order valence-electron chi connectivity index (χ3n) is 3.75. The van der Waals surface area contributed by atoms with Crippen LogP contribution in [-0.2, 0) is 11.3 Å². The number of primary amides is 1. The van der Waals surface area contributed by atoms with Crippen molar-refractivity contribution in [3.05, 3.63) is 81.6 Å². The number of hydrogen-bond donors (Lipinski definition) is 2. The molecule has 3 aromatic rings. The molecule has 3 N–H and O–H groups in total. The quantitative estimate of drug-likeness (QED) is 0.705. The summed E-state index contributed by atoms with van der Waals surface area (Å²) in [4.78, 5) is 35.3. The Hall–Kier alpha value is -3.45. The number of nitrogens with one attached hydrogen (secondary N) is 1. The first-order valence-electron chi connectivity index (χ1n) is 7.96. The average Bonchev–Trinajstić information content (AvgIpc) is 2.64. The van der Waals surface area contributed by atoms with Gasteiger partial charge in [0.05, 0.1) is 5.69 Å². The fraction of sp³-hybridized carbons (Fsp3) is 0.0526. The summed E-state index contributed by atoms with van der Waals surface area (Å²) in [5, 5.41) is 7.46. The van der Waals surface area contributed by atoms with Crippen molar-refractivity contribution >= 4 is 29.1 Å². The van der Waals surface area contributed by atoms with Gasteiger partial charge >= 0.3 is 0 Å². The van der Waals surface area contributed by atoms with E-state index in [1.807, 2.05) is 0 Å². The number of nitrogens with zero attached hydrogens (tertiary/aromatic N) is 2. The number of rotatable bonds is 5. The van der Waals surface area contributed by atoms with Crippen LogP contribution in [0.4, 0.5) is 5.69 Å². The van der Waals surface area contributed by atoms with Crippen LogP contribution in [0.25, 0.3) is 11.3 Å². The Morgan fingerprint density at radius 1 is 1.00 bits per heavy atom. The summed E-state index contributed by atoms with van der Waals surface area (Å²) in [6, 6.07) is 16.0. The highest BCUT2D eigenvalue weighted by atomic mass is 35.5. The van der Waals surface area contributed by atoms with Crippen LogP contribution in [0, 0.1) is 0 Å². The molecule has 0 saturated heterocycles. The Morgan fingerprint density at radius 3 is 2.30 bits per heavy atom. The molecule has 1 heterocycles. The number of amides is 2. The van der Waals surface area contributed by atoms with Gasteiger partial charge in [0.15, 0.2) is 0 Å². The highest BCUT2D eigenvalue weighted by Gasteiger charge is 2.09. The molecule has 27 heavy (non-hydrogen) atoms.